The Morgan fingerprint density at radius 1 is 1.62 bits per heavy atom. The predicted molar refractivity (Wildman–Crippen MR) is 50.3 cm³/mol. The summed E-state index contributed by atoms with van der Waals surface area (Å²) < 4.78 is 6.78. The van der Waals surface area contributed by atoms with Crippen molar-refractivity contribution in [2.45, 2.75) is 12.5 Å². The van der Waals surface area contributed by atoms with Crippen molar-refractivity contribution in [1.82, 2.24) is 4.42 Å². The van der Waals surface area contributed by atoms with E-state index in [1.165, 1.54) is 0 Å². The number of hydrogen-bond acceptors (Lipinski definition) is 2. The molecular formula is C8H16ClN2O2+. The minimum Gasteiger partial charge on any atom is -0.446 e. The lowest BCUT2D eigenvalue weighted by Crippen LogP contribution is -2.53. The van der Waals surface area contributed by atoms with E-state index in [4.69, 9.17) is 16.5 Å². The van der Waals surface area contributed by atoms with Gasteiger partial charge in [0.15, 0.2) is 0 Å². The summed E-state index contributed by atoms with van der Waals surface area (Å²) in [6, 6.07) is 0. The summed E-state index contributed by atoms with van der Waals surface area (Å²) in [5.74, 6) is 0. The third-order valence-corrected chi connectivity index (χ3v) is 2.50. The second kappa shape index (κ2) is 3.03. The van der Waals surface area contributed by atoms with E-state index in [2.05, 4.69) is 21.1 Å². The largest absolute Gasteiger partial charge is 0.446 e. The number of quaternary nitrogens is 1. The summed E-state index contributed by atoms with van der Waals surface area (Å²) in [7, 11) is 6.16. The minimum absolute atomic E-state index is 0.366. The number of ether oxygens (including phenoxy) is 1. The zero-order chi connectivity index (χ0) is 10.3. The Morgan fingerprint density at radius 2 is 2.15 bits per heavy atom. The normalized spacial score (nSPS) is 29.3. The second-order valence-electron chi connectivity index (χ2n) is 4.78. The SMILES string of the molecule is CC1(C[N+](C)(C)C)COC(=O)N1Cl. The molecule has 1 unspecified atom stereocenters. The van der Waals surface area contributed by atoms with Crippen LogP contribution in [0, 0.1) is 0 Å². The van der Waals surface area contributed by atoms with Crippen LogP contribution in [0.1, 0.15) is 6.92 Å². The highest BCUT2D eigenvalue weighted by Crippen LogP contribution is 2.27. The van der Waals surface area contributed by atoms with Crippen LogP contribution in [0.2, 0.25) is 0 Å². The Hall–Kier alpha value is -0.480. The smallest absolute Gasteiger partial charge is 0.425 e. The van der Waals surface area contributed by atoms with Gasteiger partial charge in [-0.05, 0) is 6.92 Å². The summed E-state index contributed by atoms with van der Waals surface area (Å²) in [5.41, 5.74) is -0.392. The van der Waals surface area contributed by atoms with Gasteiger partial charge < -0.3 is 9.22 Å². The highest BCUT2D eigenvalue weighted by molar-refractivity contribution is 6.21. The molecule has 1 fully saturated rings. The molecule has 1 heterocycles. The molecule has 1 saturated heterocycles. The van der Waals surface area contributed by atoms with Crippen LogP contribution < -0.4 is 0 Å². The third kappa shape index (κ3) is 2.25. The van der Waals surface area contributed by atoms with Gasteiger partial charge in [-0.25, -0.2) is 9.21 Å². The first-order chi connectivity index (χ1) is 5.75. The first-order valence-corrected chi connectivity index (χ1v) is 4.52. The molecule has 1 aliphatic heterocycles. The number of cyclic esters (lactones) is 1. The third-order valence-electron chi connectivity index (χ3n) is 1.96. The van der Waals surface area contributed by atoms with Gasteiger partial charge in [-0.1, -0.05) is 0 Å². The lowest BCUT2D eigenvalue weighted by atomic mass is 10.0. The molecule has 0 radical (unpaired) electrons. The van der Waals surface area contributed by atoms with Crippen molar-refractivity contribution in [2.75, 3.05) is 34.3 Å². The number of halogens is 1. The van der Waals surface area contributed by atoms with E-state index in [0.29, 0.717) is 6.61 Å². The van der Waals surface area contributed by atoms with Crippen LogP contribution in [0.25, 0.3) is 0 Å². The molecule has 0 N–H and O–H groups in total. The van der Waals surface area contributed by atoms with Crippen LogP contribution in [0.15, 0.2) is 0 Å². The lowest BCUT2D eigenvalue weighted by molar-refractivity contribution is -0.874. The van der Waals surface area contributed by atoms with Crippen molar-refractivity contribution < 1.29 is 14.0 Å². The zero-order valence-electron chi connectivity index (χ0n) is 8.50. The summed E-state index contributed by atoms with van der Waals surface area (Å²) >= 11 is 5.82. The van der Waals surface area contributed by atoms with Gasteiger partial charge in [0.25, 0.3) is 0 Å². The van der Waals surface area contributed by atoms with E-state index >= 15 is 0 Å². The van der Waals surface area contributed by atoms with Crippen LogP contribution in [0.4, 0.5) is 4.79 Å². The highest BCUT2D eigenvalue weighted by Gasteiger charge is 2.47. The van der Waals surface area contributed by atoms with Crippen molar-refractivity contribution in [3.63, 3.8) is 0 Å². The van der Waals surface area contributed by atoms with E-state index in [0.717, 1.165) is 15.4 Å². The molecule has 4 nitrogen and oxygen atoms in total. The van der Waals surface area contributed by atoms with Gasteiger partial charge in [0.05, 0.1) is 21.1 Å². The molecule has 0 bridgehead atoms. The number of carbonyl (C=O) groups excluding carboxylic acids is 1. The minimum atomic E-state index is -0.447. The first kappa shape index (κ1) is 10.6. The molecule has 1 rings (SSSR count). The van der Waals surface area contributed by atoms with Crippen molar-refractivity contribution in [1.29, 1.82) is 0 Å². The standard InChI is InChI=1S/C8H16ClN2O2/c1-8(5-11(2,3)4)6-13-7(12)10(8)9/h5-6H2,1-4H3/q+1. The number of amides is 1. The van der Waals surface area contributed by atoms with Gasteiger partial charge in [-0.3, -0.25) is 0 Å². The zero-order valence-corrected chi connectivity index (χ0v) is 9.26. The van der Waals surface area contributed by atoms with Gasteiger partial charge in [0.1, 0.15) is 18.7 Å². The van der Waals surface area contributed by atoms with Gasteiger partial charge in [-0.15, -0.1) is 0 Å². The maximum absolute atomic E-state index is 11.0. The number of rotatable bonds is 2. The molecule has 0 aliphatic carbocycles. The van der Waals surface area contributed by atoms with Crippen LogP contribution >= 0.6 is 11.8 Å². The fraction of sp³-hybridized carbons (Fsp3) is 0.875. The monoisotopic (exact) mass is 207 g/mol. The molecule has 0 spiro atoms. The Kier molecular flexibility index (Phi) is 2.47. The van der Waals surface area contributed by atoms with Crippen LogP contribution in [-0.2, 0) is 4.74 Å². The van der Waals surface area contributed by atoms with Crippen molar-refractivity contribution in [3.05, 3.63) is 0 Å². The molecule has 5 heteroatoms. The number of likely N-dealkylation sites (N-methyl/N-ethyl adjacent to an activating group) is 1. The molecule has 0 aromatic heterocycles. The number of nitrogens with zero attached hydrogens (tertiary/aromatic N) is 2. The number of carbonyl (C=O) groups is 1. The molecule has 13 heavy (non-hydrogen) atoms. The average Bonchev–Trinajstić information content (AvgIpc) is 2.14. The number of hydrogen-bond donors (Lipinski definition) is 0. The molecule has 0 aromatic carbocycles. The van der Waals surface area contributed by atoms with Crippen LogP contribution in [0.5, 0.6) is 0 Å². The van der Waals surface area contributed by atoms with Gasteiger partial charge in [0, 0.05) is 11.8 Å². The molecule has 76 valence electrons. The van der Waals surface area contributed by atoms with Crippen LogP contribution in [0.3, 0.4) is 0 Å². The topological polar surface area (TPSA) is 29.5 Å². The summed E-state index contributed by atoms with van der Waals surface area (Å²) in [6.45, 7) is 3.06. The van der Waals surface area contributed by atoms with E-state index in [1.54, 1.807) is 0 Å². The molecular weight excluding hydrogens is 192 g/mol. The average molecular weight is 208 g/mol. The van der Waals surface area contributed by atoms with Crippen molar-refractivity contribution in [2.24, 2.45) is 0 Å². The Labute approximate surface area is 83.7 Å². The van der Waals surface area contributed by atoms with Crippen LogP contribution in [-0.4, -0.2) is 54.8 Å². The van der Waals surface area contributed by atoms with E-state index < -0.39 is 11.6 Å². The molecule has 0 aromatic rings. The summed E-state index contributed by atoms with van der Waals surface area (Å²) in [6.07, 6.45) is -0.447. The van der Waals surface area contributed by atoms with Crippen molar-refractivity contribution >= 4 is 17.9 Å². The molecule has 1 atom stereocenters. The Balaban J connectivity index is 2.72. The molecule has 1 amide bonds. The summed E-state index contributed by atoms with van der Waals surface area (Å²) in [4.78, 5) is 11.0. The maximum atomic E-state index is 11.0. The second-order valence-corrected chi connectivity index (χ2v) is 5.12. The predicted octanol–water partition coefficient (Wildman–Crippen LogP) is 1.06. The Bertz CT molecular complexity index is 227. The maximum Gasteiger partial charge on any atom is 0.425 e. The van der Waals surface area contributed by atoms with Crippen molar-refractivity contribution in [3.8, 4) is 0 Å². The summed E-state index contributed by atoms with van der Waals surface area (Å²) in [5, 5.41) is 0. The fourth-order valence-corrected chi connectivity index (χ4v) is 1.83. The van der Waals surface area contributed by atoms with Gasteiger partial charge in [-0.2, -0.15) is 0 Å². The molecule has 0 saturated carbocycles. The fourth-order valence-electron chi connectivity index (χ4n) is 1.68. The first-order valence-electron chi connectivity index (χ1n) is 4.18. The lowest BCUT2D eigenvalue weighted by Gasteiger charge is -2.34. The van der Waals surface area contributed by atoms with Gasteiger partial charge >= 0.3 is 6.09 Å². The molecule has 1 aliphatic rings. The van der Waals surface area contributed by atoms with E-state index in [1.807, 2.05) is 6.92 Å². The van der Waals surface area contributed by atoms with E-state index in [9.17, 15) is 4.79 Å². The van der Waals surface area contributed by atoms with E-state index in [-0.39, 0.29) is 0 Å². The Morgan fingerprint density at radius 3 is 2.46 bits per heavy atom. The van der Waals surface area contributed by atoms with Gasteiger partial charge in [0.2, 0.25) is 0 Å². The quantitative estimate of drug-likeness (QED) is 0.501. The highest BCUT2D eigenvalue weighted by atomic mass is 35.5.